The average molecular weight is 382 g/mol. The van der Waals surface area contributed by atoms with E-state index >= 15 is 0 Å². The van der Waals surface area contributed by atoms with E-state index in [0.29, 0.717) is 22.9 Å². The Labute approximate surface area is 154 Å². The first-order valence-corrected chi connectivity index (χ1v) is 8.95. The second-order valence-corrected chi connectivity index (χ2v) is 6.56. The summed E-state index contributed by atoms with van der Waals surface area (Å²) in [6.07, 6.45) is 0.628. The molecule has 0 spiro atoms. The van der Waals surface area contributed by atoms with Crippen molar-refractivity contribution in [1.82, 2.24) is 5.32 Å². The van der Waals surface area contributed by atoms with E-state index in [0.717, 1.165) is 17.3 Å². The predicted octanol–water partition coefficient (Wildman–Crippen LogP) is 3.47. The summed E-state index contributed by atoms with van der Waals surface area (Å²) in [6, 6.07) is 13.5. The van der Waals surface area contributed by atoms with Gasteiger partial charge >= 0.3 is 5.97 Å². The highest BCUT2D eigenvalue weighted by molar-refractivity contribution is 8.00. The molecule has 1 N–H and O–H groups in total. The minimum atomic E-state index is -0.571. The summed E-state index contributed by atoms with van der Waals surface area (Å²) in [5.41, 5.74) is 1.01. The Morgan fingerprint density at radius 3 is 2.72 bits per heavy atom. The summed E-state index contributed by atoms with van der Waals surface area (Å²) in [5.74, 6) is -1.40. The van der Waals surface area contributed by atoms with Crippen LogP contribution in [0.15, 0.2) is 53.4 Å². The molecule has 0 aliphatic carbocycles. The zero-order chi connectivity index (χ0) is 18.1. The van der Waals surface area contributed by atoms with Gasteiger partial charge in [0.2, 0.25) is 0 Å². The molecular weight excluding hydrogens is 365 g/mol. The van der Waals surface area contributed by atoms with Crippen molar-refractivity contribution in [2.45, 2.75) is 11.3 Å². The number of hydrogen-bond donors (Lipinski definition) is 1. The monoisotopic (exact) mass is 381 g/mol. The van der Waals surface area contributed by atoms with Gasteiger partial charge in [0, 0.05) is 16.5 Å². The maximum atomic E-state index is 13.4. The molecule has 7 heteroatoms. The molecule has 25 heavy (non-hydrogen) atoms. The van der Waals surface area contributed by atoms with Crippen LogP contribution in [-0.2, 0) is 20.7 Å². The number of carbonyl (C=O) groups is 2. The summed E-state index contributed by atoms with van der Waals surface area (Å²) in [7, 11) is 0. The number of nitrogens with one attached hydrogen (secondary N) is 1. The molecule has 0 unspecified atom stereocenters. The fourth-order valence-electron chi connectivity index (χ4n) is 1.98. The van der Waals surface area contributed by atoms with Crippen molar-refractivity contribution in [2.75, 3.05) is 18.9 Å². The van der Waals surface area contributed by atoms with Gasteiger partial charge in [-0.1, -0.05) is 35.9 Å². The van der Waals surface area contributed by atoms with Crippen molar-refractivity contribution in [3.8, 4) is 0 Å². The van der Waals surface area contributed by atoms with Crippen molar-refractivity contribution in [3.63, 3.8) is 0 Å². The van der Waals surface area contributed by atoms with Crippen LogP contribution in [0.25, 0.3) is 0 Å². The number of benzene rings is 2. The first kappa shape index (κ1) is 19.3. The molecule has 0 heterocycles. The van der Waals surface area contributed by atoms with Gasteiger partial charge in [-0.25, -0.2) is 4.39 Å². The van der Waals surface area contributed by atoms with Gasteiger partial charge in [-0.3, -0.25) is 9.59 Å². The Morgan fingerprint density at radius 1 is 1.16 bits per heavy atom. The van der Waals surface area contributed by atoms with Gasteiger partial charge in [0.15, 0.2) is 6.61 Å². The summed E-state index contributed by atoms with van der Waals surface area (Å²) in [4.78, 5) is 23.6. The van der Waals surface area contributed by atoms with Crippen LogP contribution in [0.4, 0.5) is 4.39 Å². The highest BCUT2D eigenvalue weighted by atomic mass is 35.5. The summed E-state index contributed by atoms with van der Waals surface area (Å²) in [6.45, 7) is 0.0624. The number of amides is 1. The van der Waals surface area contributed by atoms with Crippen LogP contribution in [0.2, 0.25) is 5.02 Å². The number of thioether (sulfide) groups is 1. The van der Waals surface area contributed by atoms with E-state index in [1.54, 1.807) is 24.3 Å². The number of ether oxygens (including phenoxy) is 1. The molecule has 0 fully saturated rings. The molecule has 2 aromatic carbocycles. The van der Waals surface area contributed by atoms with Crippen LogP contribution in [0.5, 0.6) is 0 Å². The Hall–Kier alpha value is -2.05. The molecule has 2 aromatic rings. The zero-order valence-electron chi connectivity index (χ0n) is 13.3. The number of halogens is 2. The molecule has 4 nitrogen and oxygen atoms in total. The number of carbonyl (C=O) groups excluding carboxylic acids is 2. The lowest BCUT2D eigenvalue weighted by atomic mass is 10.1. The van der Waals surface area contributed by atoms with Gasteiger partial charge in [0.05, 0.1) is 5.75 Å². The lowest BCUT2D eigenvalue weighted by Crippen LogP contribution is -2.30. The van der Waals surface area contributed by atoms with Crippen molar-refractivity contribution in [1.29, 1.82) is 0 Å². The second kappa shape index (κ2) is 10.1. The SMILES string of the molecule is O=C(COC(=O)CSc1ccccc1F)NCCc1cccc(Cl)c1. The Balaban J connectivity index is 1.62. The lowest BCUT2D eigenvalue weighted by Gasteiger charge is -2.07. The molecule has 0 aromatic heterocycles. The van der Waals surface area contributed by atoms with Crippen LogP contribution in [0, 0.1) is 5.82 Å². The quantitative estimate of drug-likeness (QED) is 0.562. The van der Waals surface area contributed by atoms with E-state index in [9.17, 15) is 14.0 Å². The Bertz CT molecular complexity index is 742. The fourth-order valence-corrected chi connectivity index (χ4v) is 2.93. The van der Waals surface area contributed by atoms with E-state index in [-0.39, 0.29) is 24.1 Å². The van der Waals surface area contributed by atoms with Crippen LogP contribution in [0.3, 0.4) is 0 Å². The van der Waals surface area contributed by atoms with Crippen molar-refractivity contribution < 1.29 is 18.7 Å². The molecule has 2 rings (SSSR count). The molecule has 0 radical (unpaired) electrons. The molecule has 0 aliphatic heterocycles. The maximum absolute atomic E-state index is 13.4. The zero-order valence-corrected chi connectivity index (χ0v) is 14.9. The van der Waals surface area contributed by atoms with E-state index < -0.39 is 5.97 Å². The smallest absolute Gasteiger partial charge is 0.316 e. The first-order chi connectivity index (χ1) is 12.0. The molecule has 0 saturated heterocycles. The normalized spacial score (nSPS) is 10.3. The second-order valence-electron chi connectivity index (χ2n) is 5.11. The van der Waals surface area contributed by atoms with E-state index in [4.69, 9.17) is 16.3 Å². The third kappa shape index (κ3) is 7.15. The molecule has 0 aliphatic rings. The minimum Gasteiger partial charge on any atom is -0.455 e. The molecule has 0 atom stereocenters. The van der Waals surface area contributed by atoms with Crippen LogP contribution < -0.4 is 5.32 Å². The van der Waals surface area contributed by atoms with E-state index in [1.807, 2.05) is 18.2 Å². The highest BCUT2D eigenvalue weighted by Gasteiger charge is 2.10. The van der Waals surface area contributed by atoms with Crippen LogP contribution >= 0.6 is 23.4 Å². The molecule has 132 valence electrons. The van der Waals surface area contributed by atoms with Crippen molar-refractivity contribution >= 4 is 35.2 Å². The maximum Gasteiger partial charge on any atom is 0.316 e. The topological polar surface area (TPSA) is 55.4 Å². The van der Waals surface area contributed by atoms with Crippen molar-refractivity contribution in [3.05, 3.63) is 64.9 Å². The van der Waals surface area contributed by atoms with Gasteiger partial charge in [-0.05, 0) is 36.2 Å². The minimum absolute atomic E-state index is 0.0588. The number of hydrogen-bond acceptors (Lipinski definition) is 4. The Morgan fingerprint density at radius 2 is 1.96 bits per heavy atom. The lowest BCUT2D eigenvalue weighted by molar-refractivity contribution is -0.145. The molecule has 0 saturated carbocycles. The van der Waals surface area contributed by atoms with Crippen LogP contribution in [0.1, 0.15) is 5.56 Å². The number of rotatable bonds is 8. The molecule has 0 bridgehead atoms. The predicted molar refractivity (Wildman–Crippen MR) is 96.2 cm³/mol. The van der Waals surface area contributed by atoms with Gasteiger partial charge in [-0.15, -0.1) is 11.8 Å². The van der Waals surface area contributed by atoms with Gasteiger partial charge in [0.25, 0.3) is 5.91 Å². The number of esters is 1. The highest BCUT2D eigenvalue weighted by Crippen LogP contribution is 2.20. The molecular formula is C18H17ClFNO3S. The van der Waals surface area contributed by atoms with Gasteiger partial charge in [-0.2, -0.15) is 0 Å². The largest absolute Gasteiger partial charge is 0.455 e. The molecule has 1 amide bonds. The summed E-state index contributed by atoms with van der Waals surface area (Å²) >= 11 is 6.91. The van der Waals surface area contributed by atoms with Gasteiger partial charge in [0.1, 0.15) is 5.82 Å². The van der Waals surface area contributed by atoms with Crippen LogP contribution in [-0.4, -0.2) is 30.8 Å². The average Bonchev–Trinajstić information content (AvgIpc) is 2.59. The first-order valence-electron chi connectivity index (χ1n) is 7.58. The third-order valence-electron chi connectivity index (χ3n) is 3.17. The third-order valence-corrected chi connectivity index (χ3v) is 4.43. The van der Waals surface area contributed by atoms with E-state index in [2.05, 4.69) is 5.32 Å². The van der Waals surface area contributed by atoms with E-state index in [1.165, 1.54) is 6.07 Å². The van der Waals surface area contributed by atoms with Gasteiger partial charge < -0.3 is 10.1 Å². The van der Waals surface area contributed by atoms with Crippen molar-refractivity contribution in [2.24, 2.45) is 0 Å². The summed E-state index contributed by atoms with van der Waals surface area (Å²) < 4.78 is 18.3. The Kier molecular flexibility index (Phi) is 7.76. The summed E-state index contributed by atoms with van der Waals surface area (Å²) in [5, 5.41) is 3.31. The standard InChI is InChI=1S/C18H17ClFNO3S/c19-14-5-3-4-13(10-14)8-9-21-17(22)11-24-18(23)12-25-16-7-2-1-6-15(16)20/h1-7,10H,8-9,11-12H2,(H,21,22). The fraction of sp³-hybridized carbons (Fsp3) is 0.222.